The quantitative estimate of drug-likeness (QED) is 0.608. The highest BCUT2D eigenvalue weighted by Crippen LogP contribution is 2.22. The molecule has 3 aromatic heterocycles. The molecule has 4 aromatic rings. The van der Waals surface area contributed by atoms with Gasteiger partial charge in [-0.15, -0.1) is 5.10 Å². The molecule has 0 fully saturated rings. The second-order valence-corrected chi connectivity index (χ2v) is 5.47. The molecule has 1 aromatic carbocycles. The summed E-state index contributed by atoms with van der Waals surface area (Å²) in [5, 5.41) is 14.5. The van der Waals surface area contributed by atoms with Crippen molar-refractivity contribution in [3.63, 3.8) is 0 Å². The zero-order valence-corrected chi connectivity index (χ0v) is 12.8. The van der Waals surface area contributed by atoms with E-state index in [4.69, 9.17) is 0 Å². The lowest BCUT2D eigenvalue weighted by Gasteiger charge is -2.04. The molecule has 3 heterocycles. The van der Waals surface area contributed by atoms with E-state index in [0.717, 1.165) is 16.9 Å². The van der Waals surface area contributed by atoms with Crippen molar-refractivity contribution in [1.82, 2.24) is 29.8 Å². The van der Waals surface area contributed by atoms with Crippen LogP contribution in [-0.2, 0) is 0 Å². The Hall–Kier alpha value is -3.22. The van der Waals surface area contributed by atoms with Gasteiger partial charge in [-0.05, 0) is 37.1 Å². The van der Waals surface area contributed by atoms with Crippen LogP contribution in [0.1, 0.15) is 11.1 Å². The van der Waals surface area contributed by atoms with Gasteiger partial charge in [0.15, 0.2) is 5.65 Å². The smallest absolute Gasteiger partial charge is 0.247 e. The third-order valence-electron chi connectivity index (χ3n) is 3.50. The number of H-pyrrole nitrogens is 1. The molecule has 7 nitrogen and oxygen atoms in total. The van der Waals surface area contributed by atoms with Gasteiger partial charge in [-0.2, -0.15) is 10.1 Å². The molecule has 0 bridgehead atoms. The molecule has 4 rings (SSSR count). The Bertz CT molecular complexity index is 949. The van der Waals surface area contributed by atoms with Gasteiger partial charge in [-0.1, -0.05) is 6.07 Å². The number of nitrogens with zero attached hydrogens (tertiary/aromatic N) is 5. The lowest BCUT2D eigenvalue weighted by atomic mass is 10.1. The van der Waals surface area contributed by atoms with Crippen LogP contribution < -0.4 is 5.32 Å². The minimum Gasteiger partial charge on any atom is -0.323 e. The number of anilines is 2. The molecule has 0 saturated heterocycles. The summed E-state index contributed by atoms with van der Waals surface area (Å²) in [5.74, 6) is 0.535. The molecule has 0 unspecified atom stereocenters. The third kappa shape index (κ3) is 2.52. The van der Waals surface area contributed by atoms with Crippen LogP contribution in [0.15, 0.2) is 43.0 Å². The summed E-state index contributed by atoms with van der Waals surface area (Å²) >= 11 is 0. The fraction of sp³-hybridized carbons (Fsp3) is 0.125. The van der Waals surface area contributed by atoms with Crippen LogP contribution in [0.5, 0.6) is 0 Å². The second kappa shape index (κ2) is 5.20. The normalized spacial score (nSPS) is 11.0. The molecule has 0 atom stereocenters. The number of aromatic nitrogens is 6. The van der Waals surface area contributed by atoms with E-state index in [1.54, 1.807) is 29.3 Å². The van der Waals surface area contributed by atoms with Gasteiger partial charge in [0, 0.05) is 29.8 Å². The van der Waals surface area contributed by atoms with Gasteiger partial charge in [0.2, 0.25) is 5.95 Å². The largest absolute Gasteiger partial charge is 0.323 e. The number of hydrogen-bond acceptors (Lipinski definition) is 5. The van der Waals surface area contributed by atoms with Crippen LogP contribution in [0.3, 0.4) is 0 Å². The molecule has 0 radical (unpaired) electrons. The van der Waals surface area contributed by atoms with E-state index >= 15 is 0 Å². The highest BCUT2D eigenvalue weighted by Gasteiger charge is 2.12. The van der Waals surface area contributed by atoms with Gasteiger partial charge in [0.1, 0.15) is 5.69 Å². The van der Waals surface area contributed by atoms with Crippen molar-refractivity contribution < 1.29 is 0 Å². The first-order chi connectivity index (χ1) is 11.2. The summed E-state index contributed by atoms with van der Waals surface area (Å²) in [6.07, 6.45) is 6.98. The molecular formula is C16H15N7. The summed E-state index contributed by atoms with van der Waals surface area (Å²) in [6.45, 7) is 4.13. The van der Waals surface area contributed by atoms with Gasteiger partial charge in [-0.3, -0.25) is 10.1 Å². The number of fused-ring (bicyclic) bond motifs is 1. The average molecular weight is 305 g/mol. The monoisotopic (exact) mass is 305 g/mol. The highest BCUT2D eigenvalue weighted by atomic mass is 15.4. The van der Waals surface area contributed by atoms with E-state index in [-0.39, 0.29) is 0 Å². The fourth-order valence-corrected chi connectivity index (χ4v) is 2.63. The van der Waals surface area contributed by atoms with Crippen molar-refractivity contribution in [2.24, 2.45) is 0 Å². The standard InChI is InChI=1S/C16H15N7/c1-10-5-11(2)7-13(6-10)20-16-21-15-14(12-8-18-19-9-12)17-3-4-23(15)22-16/h3-9H,1-2H3,(H,18,19)(H,20,22). The Morgan fingerprint density at radius 3 is 2.70 bits per heavy atom. The Morgan fingerprint density at radius 2 is 1.96 bits per heavy atom. The Kier molecular flexibility index (Phi) is 3.04. The summed E-state index contributed by atoms with van der Waals surface area (Å²) < 4.78 is 1.71. The number of aryl methyl sites for hydroxylation is 2. The van der Waals surface area contributed by atoms with E-state index < -0.39 is 0 Å². The van der Waals surface area contributed by atoms with Crippen LogP contribution in [-0.4, -0.2) is 29.8 Å². The molecule has 2 N–H and O–H groups in total. The number of nitrogens with one attached hydrogen (secondary N) is 2. The maximum atomic E-state index is 4.56. The number of hydrogen-bond donors (Lipinski definition) is 2. The lowest BCUT2D eigenvalue weighted by Crippen LogP contribution is -1.94. The first-order valence-corrected chi connectivity index (χ1v) is 7.25. The zero-order valence-electron chi connectivity index (χ0n) is 12.8. The molecule has 0 aliphatic heterocycles. The molecule has 0 aliphatic carbocycles. The van der Waals surface area contributed by atoms with Crippen LogP contribution in [0, 0.1) is 13.8 Å². The third-order valence-corrected chi connectivity index (χ3v) is 3.50. The van der Waals surface area contributed by atoms with Crippen LogP contribution in [0.25, 0.3) is 16.9 Å². The Morgan fingerprint density at radius 1 is 1.13 bits per heavy atom. The lowest BCUT2D eigenvalue weighted by molar-refractivity contribution is 0.951. The van der Waals surface area contributed by atoms with E-state index in [1.165, 1.54) is 11.1 Å². The van der Waals surface area contributed by atoms with E-state index in [1.807, 2.05) is 0 Å². The van der Waals surface area contributed by atoms with Crippen LogP contribution in [0.4, 0.5) is 11.6 Å². The molecular weight excluding hydrogens is 290 g/mol. The molecule has 23 heavy (non-hydrogen) atoms. The van der Waals surface area contributed by atoms with Gasteiger partial charge in [0.05, 0.1) is 6.20 Å². The van der Waals surface area contributed by atoms with Crippen molar-refractivity contribution in [1.29, 1.82) is 0 Å². The van der Waals surface area contributed by atoms with Gasteiger partial charge in [-0.25, -0.2) is 4.52 Å². The molecule has 114 valence electrons. The van der Waals surface area contributed by atoms with E-state index in [2.05, 4.69) is 62.6 Å². The number of aromatic amines is 1. The van der Waals surface area contributed by atoms with E-state index in [0.29, 0.717) is 11.6 Å². The summed E-state index contributed by atoms with van der Waals surface area (Å²) in [4.78, 5) is 8.95. The van der Waals surface area contributed by atoms with E-state index in [9.17, 15) is 0 Å². The molecule has 0 saturated carbocycles. The Balaban J connectivity index is 1.76. The van der Waals surface area contributed by atoms with Crippen molar-refractivity contribution in [2.45, 2.75) is 13.8 Å². The number of rotatable bonds is 3. The maximum absolute atomic E-state index is 4.56. The SMILES string of the molecule is Cc1cc(C)cc(Nc2nc3c(-c4cn[nH]c4)nccn3n2)c1. The minimum atomic E-state index is 0.535. The van der Waals surface area contributed by atoms with Crippen molar-refractivity contribution >= 4 is 17.3 Å². The first-order valence-electron chi connectivity index (χ1n) is 7.25. The summed E-state index contributed by atoms with van der Waals surface area (Å²) in [7, 11) is 0. The van der Waals surface area contributed by atoms with Crippen molar-refractivity contribution in [3.05, 3.63) is 54.1 Å². The van der Waals surface area contributed by atoms with Crippen molar-refractivity contribution in [2.75, 3.05) is 5.32 Å². The van der Waals surface area contributed by atoms with Gasteiger partial charge < -0.3 is 5.32 Å². The zero-order chi connectivity index (χ0) is 15.8. The van der Waals surface area contributed by atoms with Gasteiger partial charge in [0.25, 0.3) is 0 Å². The second-order valence-electron chi connectivity index (χ2n) is 5.47. The van der Waals surface area contributed by atoms with Crippen molar-refractivity contribution in [3.8, 4) is 11.3 Å². The summed E-state index contributed by atoms with van der Waals surface area (Å²) in [5.41, 5.74) is 5.65. The fourth-order valence-electron chi connectivity index (χ4n) is 2.63. The average Bonchev–Trinajstić information content (AvgIpc) is 3.14. The molecule has 0 aliphatic rings. The minimum absolute atomic E-state index is 0.535. The predicted molar refractivity (Wildman–Crippen MR) is 87.6 cm³/mol. The Labute approximate surface area is 132 Å². The predicted octanol–water partition coefficient (Wildman–Crippen LogP) is 2.87. The maximum Gasteiger partial charge on any atom is 0.247 e. The van der Waals surface area contributed by atoms with Gasteiger partial charge >= 0.3 is 0 Å². The topological polar surface area (TPSA) is 83.8 Å². The number of benzene rings is 1. The molecule has 0 spiro atoms. The first kappa shape index (κ1) is 13.4. The molecule has 7 heteroatoms. The summed E-state index contributed by atoms with van der Waals surface area (Å²) in [6, 6.07) is 6.26. The van der Waals surface area contributed by atoms with Crippen LogP contribution >= 0.6 is 0 Å². The highest BCUT2D eigenvalue weighted by molar-refractivity contribution is 5.73. The molecule has 0 amide bonds. The van der Waals surface area contributed by atoms with Crippen LogP contribution in [0.2, 0.25) is 0 Å².